The largest absolute Gasteiger partial charge is 0.478 e. The summed E-state index contributed by atoms with van der Waals surface area (Å²) in [5.41, 5.74) is 2.74. The summed E-state index contributed by atoms with van der Waals surface area (Å²) in [6, 6.07) is 22.1. The van der Waals surface area contributed by atoms with Crippen molar-refractivity contribution in [1.29, 1.82) is 0 Å². The molecule has 154 valence electrons. The van der Waals surface area contributed by atoms with E-state index in [1.807, 2.05) is 12.1 Å². The van der Waals surface area contributed by atoms with Crippen LogP contribution in [0.15, 0.2) is 66.7 Å². The summed E-state index contributed by atoms with van der Waals surface area (Å²) in [7, 11) is 0. The minimum Gasteiger partial charge on any atom is -0.478 e. The zero-order valence-electron chi connectivity index (χ0n) is 17.2. The Kier molecular flexibility index (Phi) is 6.27. The quantitative estimate of drug-likeness (QED) is 0.498. The molecule has 0 aromatic heterocycles. The van der Waals surface area contributed by atoms with Crippen LogP contribution in [-0.4, -0.2) is 16.9 Å². The molecule has 0 saturated heterocycles. The standard InChI is InChI=1S/C27H28O3/c28-26-17-15-22(9-3-6-19-7-4-12-23(18-19)27(29)30)25(26)16-14-21-11-5-10-20-8-1-2-13-24(20)21/h1-2,4-5,7-8,10-13,18,22,25H,3,6,9,14-17H2,(H,29,30)/t22-,25+/m0/s1. The Morgan fingerprint density at radius 3 is 2.60 bits per heavy atom. The number of fused-ring (bicyclic) bond motifs is 1. The Morgan fingerprint density at radius 2 is 1.73 bits per heavy atom. The Balaban J connectivity index is 1.35. The molecule has 4 rings (SSSR count). The average molecular weight is 401 g/mol. The van der Waals surface area contributed by atoms with Crippen molar-refractivity contribution < 1.29 is 14.7 Å². The van der Waals surface area contributed by atoms with E-state index in [4.69, 9.17) is 5.11 Å². The number of rotatable bonds is 8. The van der Waals surface area contributed by atoms with E-state index in [-0.39, 0.29) is 5.92 Å². The summed E-state index contributed by atoms with van der Waals surface area (Å²) in [5, 5.41) is 11.7. The van der Waals surface area contributed by atoms with Gasteiger partial charge >= 0.3 is 5.97 Å². The predicted octanol–water partition coefficient (Wildman–Crippen LogP) is 6.09. The van der Waals surface area contributed by atoms with Gasteiger partial charge in [0.1, 0.15) is 5.78 Å². The molecule has 1 N–H and O–H groups in total. The van der Waals surface area contributed by atoms with Gasteiger partial charge in [-0.05, 0) is 78.5 Å². The molecule has 1 aliphatic rings. The Morgan fingerprint density at radius 1 is 0.933 bits per heavy atom. The third kappa shape index (κ3) is 4.62. The van der Waals surface area contributed by atoms with Gasteiger partial charge in [0.25, 0.3) is 0 Å². The van der Waals surface area contributed by atoms with Crippen molar-refractivity contribution in [2.24, 2.45) is 11.8 Å². The number of carboxylic acids is 1. The van der Waals surface area contributed by atoms with Crippen LogP contribution in [0.2, 0.25) is 0 Å². The highest BCUT2D eigenvalue weighted by molar-refractivity contribution is 5.88. The van der Waals surface area contributed by atoms with Gasteiger partial charge in [-0.3, -0.25) is 4.79 Å². The SMILES string of the molecule is O=C(O)c1cccc(CCC[C@H]2CCC(=O)[C@@H]2CCc2cccc3ccccc23)c1. The summed E-state index contributed by atoms with van der Waals surface area (Å²) < 4.78 is 0. The van der Waals surface area contributed by atoms with Crippen molar-refractivity contribution in [3.05, 3.63) is 83.4 Å². The van der Waals surface area contributed by atoms with E-state index in [1.54, 1.807) is 12.1 Å². The van der Waals surface area contributed by atoms with Crippen LogP contribution in [0.1, 0.15) is 53.6 Å². The summed E-state index contributed by atoms with van der Waals surface area (Å²) >= 11 is 0. The van der Waals surface area contributed by atoms with E-state index in [0.29, 0.717) is 23.7 Å². The van der Waals surface area contributed by atoms with Crippen LogP contribution in [0.5, 0.6) is 0 Å². The van der Waals surface area contributed by atoms with Crippen LogP contribution in [0, 0.1) is 11.8 Å². The second kappa shape index (κ2) is 9.25. The number of carbonyl (C=O) groups excluding carboxylic acids is 1. The second-order valence-electron chi connectivity index (χ2n) is 8.45. The first-order valence-electron chi connectivity index (χ1n) is 10.9. The number of aryl methyl sites for hydroxylation is 2. The molecule has 3 nitrogen and oxygen atoms in total. The number of carbonyl (C=O) groups is 2. The van der Waals surface area contributed by atoms with Gasteiger partial charge < -0.3 is 5.11 Å². The maximum atomic E-state index is 12.6. The van der Waals surface area contributed by atoms with Crippen LogP contribution in [0.3, 0.4) is 0 Å². The third-order valence-electron chi connectivity index (χ3n) is 6.56. The molecule has 0 aliphatic heterocycles. The highest BCUT2D eigenvalue weighted by atomic mass is 16.4. The van der Waals surface area contributed by atoms with E-state index in [9.17, 15) is 9.59 Å². The maximum absolute atomic E-state index is 12.6. The van der Waals surface area contributed by atoms with Crippen LogP contribution in [-0.2, 0) is 17.6 Å². The Labute approximate surface area is 177 Å². The van der Waals surface area contributed by atoms with Crippen LogP contribution < -0.4 is 0 Å². The van der Waals surface area contributed by atoms with E-state index < -0.39 is 5.97 Å². The van der Waals surface area contributed by atoms with E-state index in [1.165, 1.54) is 16.3 Å². The Hall–Kier alpha value is -2.94. The molecule has 0 radical (unpaired) electrons. The van der Waals surface area contributed by atoms with Crippen molar-refractivity contribution in [2.45, 2.75) is 44.9 Å². The fourth-order valence-electron chi connectivity index (χ4n) is 4.97. The van der Waals surface area contributed by atoms with Gasteiger partial charge in [-0.25, -0.2) is 4.79 Å². The van der Waals surface area contributed by atoms with E-state index in [2.05, 4.69) is 42.5 Å². The molecule has 3 aromatic carbocycles. The number of aromatic carboxylic acids is 1. The Bertz CT molecular complexity index is 1050. The first-order valence-corrected chi connectivity index (χ1v) is 10.9. The van der Waals surface area contributed by atoms with Crippen LogP contribution in [0.25, 0.3) is 10.8 Å². The zero-order valence-corrected chi connectivity index (χ0v) is 17.2. The van der Waals surface area contributed by atoms with Gasteiger partial charge in [0.2, 0.25) is 0 Å². The molecule has 1 saturated carbocycles. The number of ketones is 1. The number of Topliss-reactive ketones (excluding diaryl/α,β-unsaturated/α-hetero) is 1. The number of hydrogen-bond donors (Lipinski definition) is 1. The predicted molar refractivity (Wildman–Crippen MR) is 120 cm³/mol. The number of carboxylic acid groups (broad SMARTS) is 1. The molecule has 0 unspecified atom stereocenters. The molecule has 3 heteroatoms. The lowest BCUT2D eigenvalue weighted by Gasteiger charge is -2.19. The minimum absolute atomic E-state index is 0.161. The van der Waals surface area contributed by atoms with Gasteiger partial charge in [0.15, 0.2) is 0 Å². The average Bonchev–Trinajstić information content (AvgIpc) is 3.11. The van der Waals surface area contributed by atoms with E-state index in [0.717, 1.165) is 44.1 Å². The molecule has 0 heterocycles. The summed E-state index contributed by atoms with van der Waals surface area (Å²) in [5.74, 6) is 0.157. The lowest BCUT2D eigenvalue weighted by molar-refractivity contribution is -0.121. The minimum atomic E-state index is -0.883. The molecule has 1 aliphatic carbocycles. The normalized spacial score (nSPS) is 18.7. The number of benzene rings is 3. The highest BCUT2D eigenvalue weighted by Crippen LogP contribution is 2.36. The topological polar surface area (TPSA) is 54.4 Å². The van der Waals surface area contributed by atoms with E-state index >= 15 is 0 Å². The molecule has 0 bridgehead atoms. The molecule has 2 atom stereocenters. The number of hydrogen-bond acceptors (Lipinski definition) is 2. The van der Waals surface area contributed by atoms with Gasteiger partial charge in [-0.2, -0.15) is 0 Å². The lowest BCUT2D eigenvalue weighted by Crippen LogP contribution is -2.16. The zero-order chi connectivity index (χ0) is 20.9. The first kappa shape index (κ1) is 20.3. The van der Waals surface area contributed by atoms with Crippen molar-refractivity contribution >= 4 is 22.5 Å². The van der Waals surface area contributed by atoms with Crippen molar-refractivity contribution in [2.75, 3.05) is 0 Å². The van der Waals surface area contributed by atoms with Gasteiger partial charge in [0, 0.05) is 12.3 Å². The van der Waals surface area contributed by atoms with Gasteiger partial charge in [-0.15, -0.1) is 0 Å². The van der Waals surface area contributed by atoms with Crippen LogP contribution >= 0.6 is 0 Å². The fraction of sp³-hybridized carbons (Fsp3) is 0.333. The summed E-state index contributed by atoms with van der Waals surface area (Å²) in [6.45, 7) is 0. The van der Waals surface area contributed by atoms with Crippen molar-refractivity contribution in [3.63, 3.8) is 0 Å². The summed E-state index contributed by atoms with van der Waals surface area (Å²) in [4.78, 5) is 23.7. The molecule has 1 fully saturated rings. The molecule has 0 amide bonds. The molecular weight excluding hydrogens is 372 g/mol. The fourth-order valence-corrected chi connectivity index (χ4v) is 4.97. The highest BCUT2D eigenvalue weighted by Gasteiger charge is 2.33. The molecular formula is C27H28O3. The lowest BCUT2D eigenvalue weighted by atomic mass is 9.85. The third-order valence-corrected chi connectivity index (χ3v) is 6.56. The summed E-state index contributed by atoms with van der Waals surface area (Å²) in [6.07, 6.45) is 6.45. The molecule has 0 spiro atoms. The van der Waals surface area contributed by atoms with Gasteiger partial charge in [-0.1, -0.05) is 54.6 Å². The monoisotopic (exact) mass is 400 g/mol. The first-order chi connectivity index (χ1) is 14.6. The molecule has 30 heavy (non-hydrogen) atoms. The second-order valence-corrected chi connectivity index (χ2v) is 8.45. The molecule has 3 aromatic rings. The van der Waals surface area contributed by atoms with Crippen LogP contribution in [0.4, 0.5) is 0 Å². The van der Waals surface area contributed by atoms with Crippen molar-refractivity contribution in [3.8, 4) is 0 Å². The van der Waals surface area contributed by atoms with Gasteiger partial charge in [0.05, 0.1) is 5.56 Å². The smallest absolute Gasteiger partial charge is 0.335 e. The maximum Gasteiger partial charge on any atom is 0.335 e. The van der Waals surface area contributed by atoms with Crippen molar-refractivity contribution in [1.82, 2.24) is 0 Å².